The summed E-state index contributed by atoms with van der Waals surface area (Å²) >= 11 is 0. The van der Waals surface area contributed by atoms with Crippen molar-refractivity contribution in [3.63, 3.8) is 0 Å². The molecule has 3 aromatic rings. The number of aromatic nitrogens is 1. The number of methoxy groups -OCH3 is 2. The highest BCUT2D eigenvalue weighted by Gasteiger charge is 2.35. The molecule has 0 bridgehead atoms. The van der Waals surface area contributed by atoms with Crippen LogP contribution in [0.5, 0.6) is 5.75 Å². The van der Waals surface area contributed by atoms with Crippen molar-refractivity contribution < 1.29 is 31.1 Å². The average Bonchev–Trinajstić information content (AvgIpc) is 3.31. The third-order valence-electron chi connectivity index (χ3n) is 8.44. The van der Waals surface area contributed by atoms with Crippen LogP contribution in [0.2, 0.25) is 0 Å². The maximum absolute atomic E-state index is 13.7. The lowest BCUT2D eigenvalue weighted by Crippen LogP contribution is -2.49. The van der Waals surface area contributed by atoms with Crippen molar-refractivity contribution in [2.24, 2.45) is 0 Å². The fourth-order valence-corrected chi connectivity index (χ4v) is 6.31. The van der Waals surface area contributed by atoms with E-state index in [0.29, 0.717) is 28.9 Å². The zero-order chi connectivity index (χ0) is 32.1. The molecule has 4 rings (SSSR count). The second-order valence-corrected chi connectivity index (χ2v) is 13.6. The summed E-state index contributed by atoms with van der Waals surface area (Å²) in [6.45, 7) is 2.76. The number of hydrogen-bond donors (Lipinski definition) is 2. The molecular formula is C32H41F3N4O4S. The molecule has 1 aliphatic carbocycles. The van der Waals surface area contributed by atoms with Crippen molar-refractivity contribution in [3.8, 4) is 17.6 Å². The summed E-state index contributed by atoms with van der Waals surface area (Å²) in [5, 5.41) is 7.36. The fraction of sp³-hybridized carbons (Fsp3) is 0.500. The monoisotopic (exact) mass is 634 g/mol. The third-order valence-corrected chi connectivity index (χ3v) is 9.55. The van der Waals surface area contributed by atoms with Gasteiger partial charge in [0, 0.05) is 48.6 Å². The van der Waals surface area contributed by atoms with Gasteiger partial charge in [-0.1, -0.05) is 12.0 Å². The molecule has 44 heavy (non-hydrogen) atoms. The first-order valence-electron chi connectivity index (χ1n) is 14.5. The summed E-state index contributed by atoms with van der Waals surface area (Å²) in [4.78, 5) is 2.47. The number of hydrogen-bond acceptors (Lipinski definition) is 7. The zero-order valence-electron chi connectivity index (χ0n) is 25.8. The van der Waals surface area contributed by atoms with Crippen molar-refractivity contribution in [2.45, 2.75) is 61.8 Å². The summed E-state index contributed by atoms with van der Waals surface area (Å²) in [5.41, 5.74) is 2.10. The van der Waals surface area contributed by atoms with Crippen LogP contribution in [0.15, 0.2) is 47.4 Å². The highest BCUT2D eigenvalue weighted by atomic mass is 32.2. The van der Waals surface area contributed by atoms with Gasteiger partial charge in [-0.15, -0.1) is 0 Å². The van der Waals surface area contributed by atoms with Gasteiger partial charge >= 0.3 is 6.18 Å². The summed E-state index contributed by atoms with van der Waals surface area (Å²) < 4.78 is 76.5. The number of likely N-dealkylation sites (N-methyl/N-ethyl adjacent to an activating group) is 1. The summed E-state index contributed by atoms with van der Waals surface area (Å²) in [6, 6.07) is 11.7. The number of halogens is 3. The Morgan fingerprint density at radius 2 is 1.84 bits per heavy atom. The van der Waals surface area contributed by atoms with Gasteiger partial charge < -0.3 is 24.7 Å². The zero-order valence-corrected chi connectivity index (χ0v) is 26.7. The Morgan fingerprint density at radius 3 is 2.48 bits per heavy atom. The lowest BCUT2D eigenvalue weighted by molar-refractivity contribution is -0.140. The molecule has 2 N–H and O–H groups in total. The second kappa shape index (κ2) is 13.7. The van der Waals surface area contributed by atoms with Crippen LogP contribution < -0.4 is 15.4 Å². The topological polar surface area (TPSA) is 84.8 Å². The predicted octanol–water partition coefficient (Wildman–Crippen LogP) is 5.77. The maximum Gasteiger partial charge on any atom is 0.406 e. The van der Waals surface area contributed by atoms with Gasteiger partial charge in [0.1, 0.15) is 12.3 Å². The Balaban J connectivity index is 1.53. The quantitative estimate of drug-likeness (QED) is 0.259. The molecule has 12 heteroatoms. The molecule has 2 aromatic carbocycles. The first kappa shape index (κ1) is 33.5. The molecule has 0 radical (unpaired) electrons. The first-order chi connectivity index (χ1) is 20.7. The first-order valence-corrected chi connectivity index (χ1v) is 16.4. The highest BCUT2D eigenvalue weighted by Crippen LogP contribution is 2.36. The molecule has 1 aromatic heterocycles. The third kappa shape index (κ3) is 8.20. The van der Waals surface area contributed by atoms with E-state index >= 15 is 0 Å². The van der Waals surface area contributed by atoms with E-state index in [4.69, 9.17) is 9.47 Å². The average molecular weight is 635 g/mol. The van der Waals surface area contributed by atoms with Gasteiger partial charge in [-0.05, 0) is 75.9 Å². The van der Waals surface area contributed by atoms with Crippen LogP contribution in [0.25, 0.3) is 10.9 Å². The van der Waals surface area contributed by atoms with E-state index in [-0.39, 0.29) is 28.7 Å². The van der Waals surface area contributed by atoms with Gasteiger partial charge in [-0.3, -0.25) is 4.90 Å². The molecule has 1 aliphatic rings. The number of nitrogens with one attached hydrogen (secondary N) is 2. The van der Waals surface area contributed by atoms with Crippen molar-refractivity contribution in [1.82, 2.24) is 9.47 Å². The maximum atomic E-state index is 13.7. The van der Waals surface area contributed by atoms with E-state index in [0.717, 1.165) is 44.2 Å². The van der Waals surface area contributed by atoms with Gasteiger partial charge in [0.05, 0.1) is 42.1 Å². The summed E-state index contributed by atoms with van der Waals surface area (Å²) in [5.74, 6) is 6.14. The van der Waals surface area contributed by atoms with Gasteiger partial charge in [0.25, 0.3) is 0 Å². The second-order valence-electron chi connectivity index (χ2n) is 11.6. The number of alkyl halides is 3. The molecule has 240 valence electrons. The van der Waals surface area contributed by atoms with E-state index in [1.54, 1.807) is 31.4 Å². The summed E-state index contributed by atoms with van der Waals surface area (Å²) in [7, 11) is 1.84. The van der Waals surface area contributed by atoms with E-state index in [2.05, 4.69) is 41.3 Å². The van der Waals surface area contributed by atoms with Crippen LogP contribution in [0.4, 0.5) is 24.5 Å². The number of rotatable bonds is 11. The molecule has 8 nitrogen and oxygen atoms in total. The van der Waals surface area contributed by atoms with Crippen LogP contribution in [0.1, 0.15) is 38.3 Å². The lowest BCUT2D eigenvalue weighted by atomic mass is 9.79. The standard InChI is InChI=1S/C32H41F3N4O4S/c1-31(38(2)18-19-42-3)15-13-23(14-16-31)37-27-9-6-10-29-26(27)20-24(39(29)22-32(33,34)35)8-7-17-36-28-12-11-25(44(5,40)41)21-30(28)43-4/h6,9-12,20-21,23,36-37H,13-19,22H2,1-5H3/t23-,31+. The van der Waals surface area contributed by atoms with Gasteiger partial charge in [0.15, 0.2) is 9.84 Å². The number of benzene rings is 2. The fourth-order valence-electron chi connectivity index (χ4n) is 5.67. The van der Waals surface area contributed by atoms with Crippen molar-refractivity contribution in [1.29, 1.82) is 0 Å². The number of sulfone groups is 1. The Hall–Kier alpha value is -3.40. The van der Waals surface area contributed by atoms with E-state index in [9.17, 15) is 21.6 Å². The molecule has 0 saturated heterocycles. The van der Waals surface area contributed by atoms with Gasteiger partial charge in [-0.2, -0.15) is 13.2 Å². The van der Waals surface area contributed by atoms with Crippen LogP contribution in [-0.4, -0.2) is 82.9 Å². The minimum absolute atomic E-state index is 0.0787. The van der Waals surface area contributed by atoms with Crippen LogP contribution >= 0.6 is 0 Å². The minimum atomic E-state index is -4.43. The number of ether oxygens (including phenoxy) is 2. The normalized spacial score (nSPS) is 19.1. The Bertz CT molecular complexity index is 1620. The van der Waals surface area contributed by atoms with E-state index in [1.807, 2.05) is 6.07 Å². The molecule has 0 unspecified atom stereocenters. The molecule has 0 spiro atoms. The van der Waals surface area contributed by atoms with Crippen molar-refractivity contribution >= 4 is 32.1 Å². The van der Waals surface area contributed by atoms with E-state index in [1.165, 1.54) is 23.8 Å². The predicted molar refractivity (Wildman–Crippen MR) is 168 cm³/mol. The Morgan fingerprint density at radius 1 is 1.11 bits per heavy atom. The summed E-state index contributed by atoms with van der Waals surface area (Å²) in [6.07, 6.45) is 0.571. The highest BCUT2D eigenvalue weighted by molar-refractivity contribution is 7.90. The number of fused-ring (bicyclic) bond motifs is 1. The van der Waals surface area contributed by atoms with Crippen LogP contribution in [0.3, 0.4) is 0 Å². The van der Waals surface area contributed by atoms with Crippen molar-refractivity contribution in [2.75, 3.05) is 57.9 Å². The molecule has 0 atom stereocenters. The van der Waals surface area contributed by atoms with Crippen LogP contribution in [0, 0.1) is 11.8 Å². The van der Waals surface area contributed by atoms with Crippen molar-refractivity contribution in [3.05, 3.63) is 48.2 Å². The Labute approximate surface area is 257 Å². The SMILES string of the molecule is COCCN(C)[C@]1(C)CC[C@H](Nc2cccc3c2cc(C#CCNc2ccc(S(C)(=O)=O)cc2OC)n3CC(F)(F)F)CC1. The number of anilines is 2. The van der Waals surface area contributed by atoms with E-state index < -0.39 is 22.6 Å². The van der Waals surface area contributed by atoms with Gasteiger partial charge in [-0.25, -0.2) is 8.42 Å². The van der Waals surface area contributed by atoms with Gasteiger partial charge in [0.2, 0.25) is 0 Å². The smallest absolute Gasteiger partial charge is 0.406 e. The molecule has 0 aliphatic heterocycles. The molecule has 1 fully saturated rings. The Kier molecular flexibility index (Phi) is 10.4. The number of nitrogens with zero attached hydrogens (tertiary/aromatic N) is 2. The molecule has 1 saturated carbocycles. The lowest BCUT2D eigenvalue weighted by Gasteiger charge is -2.44. The molecular weight excluding hydrogens is 593 g/mol. The minimum Gasteiger partial charge on any atom is -0.495 e. The van der Waals surface area contributed by atoms with Crippen LogP contribution in [-0.2, 0) is 21.1 Å². The molecule has 1 heterocycles. The largest absolute Gasteiger partial charge is 0.495 e. The molecule has 0 amide bonds.